The van der Waals surface area contributed by atoms with Gasteiger partial charge in [-0.3, -0.25) is 9.78 Å². The molecule has 31 heavy (non-hydrogen) atoms. The quantitative estimate of drug-likeness (QED) is 0.699. The summed E-state index contributed by atoms with van der Waals surface area (Å²) >= 11 is 0. The van der Waals surface area contributed by atoms with Crippen LogP contribution in [0.1, 0.15) is 34.6 Å². The SMILES string of the molecule is COc1ccc(CCN2C[C@H]3CCN(C(=O)c4cnc(C)cn4)CC[C@H]3S2(=O)=O)cc1. The first kappa shape index (κ1) is 21.7. The molecule has 4 rings (SSSR count). The molecule has 3 heterocycles. The molecule has 2 aliphatic rings. The number of fused-ring (bicyclic) bond motifs is 1. The second kappa shape index (κ2) is 8.92. The molecule has 1 aromatic carbocycles. The fourth-order valence-electron chi connectivity index (χ4n) is 4.43. The van der Waals surface area contributed by atoms with E-state index < -0.39 is 15.3 Å². The Kier molecular flexibility index (Phi) is 6.24. The maximum atomic E-state index is 13.2. The van der Waals surface area contributed by atoms with Crippen molar-refractivity contribution in [3.63, 3.8) is 0 Å². The first-order valence-corrected chi connectivity index (χ1v) is 12.1. The number of ether oxygens (including phenoxy) is 1. The van der Waals surface area contributed by atoms with Gasteiger partial charge in [-0.2, -0.15) is 0 Å². The Balaban J connectivity index is 1.38. The van der Waals surface area contributed by atoms with Gasteiger partial charge in [0.2, 0.25) is 10.0 Å². The Labute approximate surface area is 183 Å². The van der Waals surface area contributed by atoms with Crippen molar-refractivity contribution in [3.8, 4) is 5.75 Å². The highest BCUT2D eigenvalue weighted by atomic mass is 32.2. The molecule has 0 radical (unpaired) electrons. The van der Waals surface area contributed by atoms with Crippen LogP contribution in [0.25, 0.3) is 0 Å². The first-order chi connectivity index (χ1) is 14.9. The molecule has 1 aromatic heterocycles. The molecule has 8 nitrogen and oxygen atoms in total. The lowest BCUT2D eigenvalue weighted by molar-refractivity contribution is 0.0752. The number of aromatic nitrogens is 2. The zero-order chi connectivity index (χ0) is 22.0. The Morgan fingerprint density at radius 3 is 2.55 bits per heavy atom. The van der Waals surface area contributed by atoms with Gasteiger partial charge < -0.3 is 9.64 Å². The van der Waals surface area contributed by atoms with Gasteiger partial charge in [0.1, 0.15) is 11.4 Å². The van der Waals surface area contributed by atoms with E-state index in [2.05, 4.69) is 9.97 Å². The van der Waals surface area contributed by atoms with Crippen LogP contribution in [0.3, 0.4) is 0 Å². The van der Waals surface area contributed by atoms with Crippen molar-refractivity contribution < 1.29 is 17.9 Å². The fourth-order valence-corrected chi connectivity index (χ4v) is 6.67. The van der Waals surface area contributed by atoms with E-state index >= 15 is 0 Å². The number of sulfonamides is 1. The standard InChI is InChI=1S/C22H28N4O4S/c1-16-13-24-20(14-23-16)22(27)25-10-8-18-15-26(31(28,29)21(18)9-11-25)12-7-17-3-5-19(30-2)6-4-17/h3-6,13-14,18,21H,7-12,15H2,1-2H3/t18-,21-/m1/s1. The lowest BCUT2D eigenvalue weighted by Gasteiger charge is -2.22. The predicted octanol–water partition coefficient (Wildman–Crippen LogP) is 1.90. The zero-order valence-corrected chi connectivity index (χ0v) is 18.7. The molecule has 0 saturated carbocycles. The van der Waals surface area contributed by atoms with E-state index in [0.717, 1.165) is 17.0 Å². The largest absolute Gasteiger partial charge is 0.497 e. The van der Waals surface area contributed by atoms with Crippen molar-refractivity contribution >= 4 is 15.9 Å². The highest BCUT2D eigenvalue weighted by molar-refractivity contribution is 7.90. The summed E-state index contributed by atoms with van der Waals surface area (Å²) in [7, 11) is -1.75. The average molecular weight is 445 g/mol. The molecule has 2 aromatic rings. The van der Waals surface area contributed by atoms with Crippen LogP contribution in [0.4, 0.5) is 0 Å². The summed E-state index contributed by atoms with van der Waals surface area (Å²) < 4.78 is 33.1. The summed E-state index contributed by atoms with van der Waals surface area (Å²) in [4.78, 5) is 22.8. The zero-order valence-electron chi connectivity index (χ0n) is 17.9. The van der Waals surface area contributed by atoms with Crippen LogP contribution in [-0.4, -0.2) is 72.0 Å². The van der Waals surface area contributed by atoms with E-state index in [4.69, 9.17) is 4.74 Å². The molecule has 166 valence electrons. The summed E-state index contributed by atoms with van der Waals surface area (Å²) in [5, 5.41) is -0.426. The van der Waals surface area contributed by atoms with Crippen LogP contribution >= 0.6 is 0 Å². The maximum Gasteiger partial charge on any atom is 0.274 e. The number of hydrogen-bond acceptors (Lipinski definition) is 6. The Bertz CT molecular complexity index is 1020. The van der Waals surface area contributed by atoms with Crippen LogP contribution in [0, 0.1) is 12.8 Å². The molecule has 0 spiro atoms. The van der Waals surface area contributed by atoms with Crippen LogP contribution in [-0.2, 0) is 16.4 Å². The fraction of sp³-hybridized carbons (Fsp3) is 0.500. The number of hydrogen-bond donors (Lipinski definition) is 0. The van der Waals surface area contributed by atoms with Gasteiger partial charge in [-0.05, 0) is 49.8 Å². The van der Waals surface area contributed by atoms with E-state index in [-0.39, 0.29) is 11.8 Å². The molecule has 2 atom stereocenters. The molecule has 0 aliphatic carbocycles. The number of aryl methyl sites for hydroxylation is 1. The topological polar surface area (TPSA) is 92.7 Å². The summed E-state index contributed by atoms with van der Waals surface area (Å²) in [5.74, 6) is 0.652. The lowest BCUT2D eigenvalue weighted by Crippen LogP contribution is -2.35. The summed E-state index contributed by atoms with van der Waals surface area (Å²) in [5.41, 5.74) is 2.14. The van der Waals surface area contributed by atoms with Gasteiger partial charge in [0.05, 0.1) is 24.3 Å². The second-order valence-electron chi connectivity index (χ2n) is 8.21. The normalized spacial score (nSPS) is 23.2. The smallest absolute Gasteiger partial charge is 0.274 e. The van der Waals surface area contributed by atoms with Crippen molar-refractivity contribution in [1.82, 2.24) is 19.2 Å². The Morgan fingerprint density at radius 2 is 1.87 bits per heavy atom. The van der Waals surface area contributed by atoms with Gasteiger partial charge in [0.25, 0.3) is 5.91 Å². The molecule has 2 saturated heterocycles. The van der Waals surface area contributed by atoms with Crippen molar-refractivity contribution in [2.45, 2.75) is 31.4 Å². The number of likely N-dealkylation sites (tertiary alicyclic amines) is 1. The third kappa shape index (κ3) is 4.57. The van der Waals surface area contributed by atoms with E-state index in [0.29, 0.717) is 51.1 Å². The molecular weight excluding hydrogens is 416 g/mol. The molecule has 0 N–H and O–H groups in total. The maximum absolute atomic E-state index is 13.2. The molecule has 0 unspecified atom stereocenters. The summed E-state index contributed by atoms with van der Waals surface area (Å²) in [6, 6.07) is 7.72. The van der Waals surface area contributed by atoms with Gasteiger partial charge in [-0.15, -0.1) is 0 Å². The molecular formula is C22H28N4O4S. The van der Waals surface area contributed by atoms with Crippen LogP contribution < -0.4 is 4.74 Å². The molecule has 0 bridgehead atoms. The third-order valence-electron chi connectivity index (χ3n) is 6.26. The van der Waals surface area contributed by atoms with Gasteiger partial charge in [0.15, 0.2) is 0 Å². The molecule has 9 heteroatoms. The van der Waals surface area contributed by atoms with E-state index in [1.807, 2.05) is 31.2 Å². The van der Waals surface area contributed by atoms with Crippen molar-refractivity contribution in [2.24, 2.45) is 5.92 Å². The summed E-state index contributed by atoms with van der Waals surface area (Å²) in [6.45, 7) is 3.77. The minimum Gasteiger partial charge on any atom is -0.497 e. The Morgan fingerprint density at radius 1 is 1.13 bits per heavy atom. The third-order valence-corrected chi connectivity index (χ3v) is 8.69. The van der Waals surface area contributed by atoms with E-state index in [1.165, 1.54) is 6.20 Å². The number of benzene rings is 1. The second-order valence-corrected chi connectivity index (χ2v) is 10.4. The van der Waals surface area contributed by atoms with Gasteiger partial charge in [-0.1, -0.05) is 12.1 Å². The molecule has 2 fully saturated rings. The van der Waals surface area contributed by atoms with Crippen molar-refractivity contribution in [3.05, 3.63) is 53.6 Å². The van der Waals surface area contributed by atoms with Crippen LogP contribution in [0.2, 0.25) is 0 Å². The lowest BCUT2D eigenvalue weighted by atomic mass is 10.0. The molecule has 1 amide bonds. The van der Waals surface area contributed by atoms with Gasteiger partial charge >= 0.3 is 0 Å². The minimum absolute atomic E-state index is 0.0442. The predicted molar refractivity (Wildman–Crippen MR) is 116 cm³/mol. The van der Waals surface area contributed by atoms with Gasteiger partial charge in [-0.25, -0.2) is 17.7 Å². The van der Waals surface area contributed by atoms with Crippen LogP contribution in [0.15, 0.2) is 36.7 Å². The minimum atomic E-state index is -3.37. The van der Waals surface area contributed by atoms with Gasteiger partial charge in [0, 0.05) is 32.4 Å². The number of methoxy groups -OCH3 is 1. The number of carbonyl (C=O) groups excluding carboxylic acids is 1. The van der Waals surface area contributed by atoms with E-state index in [1.54, 1.807) is 22.5 Å². The highest BCUT2D eigenvalue weighted by Crippen LogP contribution is 2.34. The van der Waals surface area contributed by atoms with Crippen molar-refractivity contribution in [2.75, 3.05) is 33.3 Å². The number of amides is 1. The number of rotatable bonds is 5. The highest BCUT2D eigenvalue weighted by Gasteiger charge is 2.47. The van der Waals surface area contributed by atoms with E-state index in [9.17, 15) is 13.2 Å². The van der Waals surface area contributed by atoms with Crippen LogP contribution in [0.5, 0.6) is 5.75 Å². The van der Waals surface area contributed by atoms with Crippen molar-refractivity contribution in [1.29, 1.82) is 0 Å². The average Bonchev–Trinajstić information content (AvgIpc) is 2.91. The summed E-state index contributed by atoms with van der Waals surface area (Å²) in [6.07, 6.45) is 4.86. The number of carbonyl (C=O) groups is 1. The number of nitrogens with zero attached hydrogens (tertiary/aromatic N) is 4. The monoisotopic (exact) mass is 444 g/mol. The first-order valence-electron chi connectivity index (χ1n) is 10.6. The Hall–Kier alpha value is -2.52. The molecule has 2 aliphatic heterocycles.